The zero-order valence-corrected chi connectivity index (χ0v) is 15.7. The minimum atomic E-state index is -0.259. The molecule has 0 saturated heterocycles. The van der Waals surface area contributed by atoms with Gasteiger partial charge < -0.3 is 20.1 Å². The second kappa shape index (κ2) is 10.3. The second-order valence-corrected chi connectivity index (χ2v) is 6.54. The molecule has 2 aromatic carbocycles. The molecule has 0 fully saturated rings. The summed E-state index contributed by atoms with van der Waals surface area (Å²) in [5.41, 5.74) is 1.71. The molecule has 2 N–H and O–H groups in total. The SMILES string of the molecule is COc1ccc(NC(=O)NCc2ccccc2)cc1OCCCC(C)C. The maximum atomic E-state index is 12.1. The van der Waals surface area contributed by atoms with Gasteiger partial charge in [-0.3, -0.25) is 0 Å². The van der Waals surface area contributed by atoms with Gasteiger partial charge in [-0.2, -0.15) is 0 Å². The number of hydrogen-bond donors (Lipinski definition) is 2. The monoisotopic (exact) mass is 356 g/mol. The molecule has 0 saturated carbocycles. The van der Waals surface area contributed by atoms with Crippen molar-refractivity contribution in [1.82, 2.24) is 5.32 Å². The highest BCUT2D eigenvalue weighted by atomic mass is 16.5. The van der Waals surface area contributed by atoms with Crippen molar-refractivity contribution in [3.63, 3.8) is 0 Å². The second-order valence-electron chi connectivity index (χ2n) is 6.54. The van der Waals surface area contributed by atoms with Gasteiger partial charge in [-0.1, -0.05) is 44.2 Å². The maximum Gasteiger partial charge on any atom is 0.319 e. The van der Waals surface area contributed by atoms with E-state index >= 15 is 0 Å². The lowest BCUT2D eigenvalue weighted by atomic mass is 10.1. The van der Waals surface area contributed by atoms with E-state index in [-0.39, 0.29) is 6.03 Å². The lowest BCUT2D eigenvalue weighted by molar-refractivity contribution is 0.251. The lowest BCUT2D eigenvalue weighted by Crippen LogP contribution is -2.28. The van der Waals surface area contributed by atoms with Gasteiger partial charge in [-0.05, 0) is 36.5 Å². The van der Waals surface area contributed by atoms with E-state index in [2.05, 4.69) is 24.5 Å². The topological polar surface area (TPSA) is 59.6 Å². The first-order valence-corrected chi connectivity index (χ1v) is 8.98. The fourth-order valence-electron chi connectivity index (χ4n) is 2.49. The predicted molar refractivity (Wildman–Crippen MR) is 105 cm³/mol. The van der Waals surface area contributed by atoms with Gasteiger partial charge in [0.05, 0.1) is 13.7 Å². The molecule has 0 aliphatic carbocycles. The molecule has 0 heterocycles. The van der Waals surface area contributed by atoms with E-state index in [1.54, 1.807) is 25.3 Å². The lowest BCUT2D eigenvalue weighted by Gasteiger charge is -2.14. The Bertz CT molecular complexity index is 687. The van der Waals surface area contributed by atoms with Crippen molar-refractivity contribution in [3.8, 4) is 11.5 Å². The van der Waals surface area contributed by atoms with Crippen molar-refractivity contribution in [2.75, 3.05) is 19.0 Å². The summed E-state index contributed by atoms with van der Waals surface area (Å²) in [6.45, 7) is 5.48. The molecule has 0 bridgehead atoms. The number of nitrogens with one attached hydrogen (secondary N) is 2. The maximum absolute atomic E-state index is 12.1. The summed E-state index contributed by atoms with van der Waals surface area (Å²) in [6.07, 6.45) is 2.10. The van der Waals surface area contributed by atoms with Crippen molar-refractivity contribution < 1.29 is 14.3 Å². The van der Waals surface area contributed by atoms with Crippen molar-refractivity contribution >= 4 is 11.7 Å². The first-order chi connectivity index (χ1) is 12.6. The normalized spacial score (nSPS) is 10.5. The quantitative estimate of drug-likeness (QED) is 0.633. The Hall–Kier alpha value is -2.69. The van der Waals surface area contributed by atoms with E-state index in [1.165, 1.54) is 0 Å². The third-order valence-electron chi connectivity index (χ3n) is 3.90. The number of carbonyl (C=O) groups is 1. The Morgan fingerprint density at radius 1 is 1.08 bits per heavy atom. The standard InChI is InChI=1S/C21H28N2O3/c1-16(2)8-7-13-26-20-14-18(11-12-19(20)25-3)23-21(24)22-15-17-9-5-4-6-10-17/h4-6,9-12,14,16H,7-8,13,15H2,1-3H3,(H2,22,23,24). The largest absolute Gasteiger partial charge is 0.493 e. The van der Waals surface area contributed by atoms with Crippen molar-refractivity contribution in [2.24, 2.45) is 5.92 Å². The molecular formula is C21H28N2O3. The van der Waals surface area contributed by atoms with Crippen LogP contribution in [-0.2, 0) is 6.54 Å². The number of hydrogen-bond acceptors (Lipinski definition) is 3. The molecule has 0 spiro atoms. The molecule has 26 heavy (non-hydrogen) atoms. The molecule has 0 radical (unpaired) electrons. The summed E-state index contributed by atoms with van der Waals surface area (Å²) >= 11 is 0. The van der Waals surface area contributed by atoms with Crippen LogP contribution in [0.4, 0.5) is 10.5 Å². The zero-order chi connectivity index (χ0) is 18.8. The van der Waals surface area contributed by atoms with Crippen LogP contribution in [0.25, 0.3) is 0 Å². The molecule has 0 atom stereocenters. The molecule has 2 rings (SSSR count). The minimum absolute atomic E-state index is 0.259. The van der Waals surface area contributed by atoms with Crippen LogP contribution in [-0.4, -0.2) is 19.7 Å². The van der Waals surface area contributed by atoms with Crippen molar-refractivity contribution in [1.29, 1.82) is 0 Å². The molecule has 0 unspecified atom stereocenters. The summed E-state index contributed by atoms with van der Waals surface area (Å²) < 4.78 is 11.2. The van der Waals surface area contributed by atoms with E-state index in [1.807, 2.05) is 30.3 Å². The summed E-state index contributed by atoms with van der Waals surface area (Å²) in [6, 6.07) is 14.9. The van der Waals surface area contributed by atoms with Crippen LogP contribution in [0.1, 0.15) is 32.3 Å². The number of carbonyl (C=O) groups excluding carboxylic acids is 1. The predicted octanol–water partition coefficient (Wildman–Crippen LogP) is 4.83. The Kier molecular flexibility index (Phi) is 7.80. The van der Waals surface area contributed by atoms with Gasteiger partial charge in [0.2, 0.25) is 0 Å². The molecule has 0 aliphatic heterocycles. The summed E-state index contributed by atoms with van der Waals surface area (Å²) in [7, 11) is 1.61. The van der Waals surface area contributed by atoms with Gasteiger partial charge in [0, 0.05) is 18.3 Å². The molecule has 2 aromatic rings. The van der Waals surface area contributed by atoms with Crippen LogP contribution in [0, 0.1) is 5.92 Å². The van der Waals surface area contributed by atoms with E-state index in [9.17, 15) is 4.79 Å². The fourth-order valence-corrected chi connectivity index (χ4v) is 2.49. The summed E-state index contributed by atoms with van der Waals surface area (Å²) in [4.78, 5) is 12.1. The van der Waals surface area contributed by atoms with E-state index in [0.29, 0.717) is 36.3 Å². The highest BCUT2D eigenvalue weighted by Crippen LogP contribution is 2.30. The number of amides is 2. The van der Waals surface area contributed by atoms with Gasteiger partial charge >= 0.3 is 6.03 Å². The first-order valence-electron chi connectivity index (χ1n) is 8.98. The number of anilines is 1. The molecule has 140 valence electrons. The summed E-state index contributed by atoms with van der Waals surface area (Å²) in [5, 5.41) is 5.67. The number of methoxy groups -OCH3 is 1. The van der Waals surface area contributed by atoms with Crippen LogP contribution < -0.4 is 20.1 Å². The highest BCUT2D eigenvalue weighted by molar-refractivity contribution is 5.89. The highest BCUT2D eigenvalue weighted by Gasteiger charge is 2.08. The molecule has 0 aliphatic rings. The average molecular weight is 356 g/mol. The molecule has 2 amide bonds. The van der Waals surface area contributed by atoms with Crippen LogP contribution in [0.2, 0.25) is 0 Å². The molecular weight excluding hydrogens is 328 g/mol. The van der Waals surface area contributed by atoms with E-state index in [4.69, 9.17) is 9.47 Å². The molecule has 0 aromatic heterocycles. The van der Waals surface area contributed by atoms with Crippen LogP contribution in [0.5, 0.6) is 11.5 Å². The van der Waals surface area contributed by atoms with Gasteiger partial charge in [0.1, 0.15) is 0 Å². The summed E-state index contributed by atoms with van der Waals surface area (Å²) in [5.74, 6) is 1.95. The van der Waals surface area contributed by atoms with E-state index in [0.717, 1.165) is 18.4 Å². The van der Waals surface area contributed by atoms with Crippen molar-refractivity contribution in [3.05, 3.63) is 54.1 Å². The number of ether oxygens (including phenoxy) is 2. The van der Waals surface area contributed by atoms with Crippen LogP contribution >= 0.6 is 0 Å². The number of rotatable bonds is 9. The fraction of sp³-hybridized carbons (Fsp3) is 0.381. The van der Waals surface area contributed by atoms with Crippen LogP contribution in [0.3, 0.4) is 0 Å². The molecule has 5 nitrogen and oxygen atoms in total. The Morgan fingerprint density at radius 3 is 2.54 bits per heavy atom. The Labute approximate surface area is 155 Å². The Morgan fingerprint density at radius 2 is 1.85 bits per heavy atom. The van der Waals surface area contributed by atoms with E-state index < -0.39 is 0 Å². The zero-order valence-electron chi connectivity index (χ0n) is 15.7. The van der Waals surface area contributed by atoms with Gasteiger partial charge in [-0.15, -0.1) is 0 Å². The third-order valence-corrected chi connectivity index (χ3v) is 3.90. The average Bonchev–Trinajstić information content (AvgIpc) is 2.64. The first kappa shape index (κ1) is 19.6. The third kappa shape index (κ3) is 6.67. The number of urea groups is 1. The van der Waals surface area contributed by atoms with Gasteiger partial charge in [-0.25, -0.2) is 4.79 Å². The van der Waals surface area contributed by atoms with Crippen LogP contribution in [0.15, 0.2) is 48.5 Å². The number of benzene rings is 2. The minimum Gasteiger partial charge on any atom is -0.493 e. The van der Waals surface area contributed by atoms with Gasteiger partial charge in [0.25, 0.3) is 0 Å². The smallest absolute Gasteiger partial charge is 0.319 e. The Balaban J connectivity index is 1.89. The van der Waals surface area contributed by atoms with Gasteiger partial charge in [0.15, 0.2) is 11.5 Å². The molecule has 5 heteroatoms. The van der Waals surface area contributed by atoms with Crippen molar-refractivity contribution in [2.45, 2.75) is 33.2 Å².